The lowest BCUT2D eigenvalue weighted by atomic mass is 9.91. The SMILES string of the molecule is CSC(CNC1=NCCCN1)C(C)(C)C. The molecule has 0 aromatic heterocycles. The van der Waals surface area contributed by atoms with Gasteiger partial charge in [-0.2, -0.15) is 11.8 Å². The Balaban J connectivity index is 2.37. The molecule has 2 N–H and O–H groups in total. The Kier molecular flexibility index (Phi) is 4.77. The van der Waals surface area contributed by atoms with Gasteiger partial charge in [-0.1, -0.05) is 20.8 Å². The van der Waals surface area contributed by atoms with Gasteiger partial charge in [0.05, 0.1) is 0 Å². The van der Waals surface area contributed by atoms with E-state index in [0.29, 0.717) is 10.7 Å². The molecule has 0 aromatic carbocycles. The lowest BCUT2D eigenvalue weighted by molar-refractivity contribution is 0.391. The lowest BCUT2D eigenvalue weighted by Crippen LogP contribution is -2.45. The third kappa shape index (κ3) is 4.33. The van der Waals surface area contributed by atoms with Crippen LogP contribution in [0.2, 0.25) is 0 Å². The second kappa shape index (κ2) is 5.64. The van der Waals surface area contributed by atoms with Crippen molar-refractivity contribution in [1.82, 2.24) is 10.6 Å². The molecule has 3 nitrogen and oxygen atoms in total. The summed E-state index contributed by atoms with van der Waals surface area (Å²) in [5.41, 5.74) is 0.335. The van der Waals surface area contributed by atoms with E-state index in [1.54, 1.807) is 0 Å². The summed E-state index contributed by atoms with van der Waals surface area (Å²) in [6, 6.07) is 0. The van der Waals surface area contributed by atoms with E-state index in [4.69, 9.17) is 0 Å². The predicted octanol–water partition coefficient (Wildman–Crippen LogP) is 1.70. The van der Waals surface area contributed by atoms with E-state index in [0.717, 1.165) is 32.0 Å². The molecule has 1 atom stereocenters. The van der Waals surface area contributed by atoms with E-state index in [9.17, 15) is 0 Å². The van der Waals surface area contributed by atoms with Gasteiger partial charge in [0.1, 0.15) is 0 Å². The van der Waals surface area contributed by atoms with Crippen molar-refractivity contribution < 1.29 is 0 Å². The number of nitrogens with zero attached hydrogens (tertiary/aromatic N) is 1. The van der Waals surface area contributed by atoms with Gasteiger partial charge in [-0.05, 0) is 18.1 Å². The molecule has 1 heterocycles. The van der Waals surface area contributed by atoms with E-state index in [-0.39, 0.29) is 0 Å². The van der Waals surface area contributed by atoms with Crippen molar-refractivity contribution in [2.45, 2.75) is 32.4 Å². The van der Waals surface area contributed by atoms with Crippen LogP contribution in [0.15, 0.2) is 4.99 Å². The maximum Gasteiger partial charge on any atom is 0.191 e. The molecule has 88 valence electrons. The van der Waals surface area contributed by atoms with Crippen LogP contribution < -0.4 is 10.6 Å². The highest BCUT2D eigenvalue weighted by atomic mass is 32.2. The zero-order chi connectivity index (χ0) is 11.3. The summed E-state index contributed by atoms with van der Waals surface area (Å²) in [5, 5.41) is 7.29. The number of hydrogen-bond donors (Lipinski definition) is 2. The molecule has 1 unspecified atom stereocenters. The molecule has 0 spiro atoms. The highest BCUT2D eigenvalue weighted by Crippen LogP contribution is 2.27. The topological polar surface area (TPSA) is 36.4 Å². The number of hydrogen-bond acceptors (Lipinski definition) is 4. The fourth-order valence-electron chi connectivity index (χ4n) is 1.58. The number of aliphatic imine (C=N–C) groups is 1. The first-order valence-corrected chi connectivity index (χ1v) is 6.88. The van der Waals surface area contributed by atoms with Gasteiger partial charge < -0.3 is 10.6 Å². The maximum atomic E-state index is 4.40. The summed E-state index contributed by atoms with van der Waals surface area (Å²) >= 11 is 1.92. The largest absolute Gasteiger partial charge is 0.356 e. The molecule has 0 amide bonds. The van der Waals surface area contributed by atoms with Crippen molar-refractivity contribution in [1.29, 1.82) is 0 Å². The molecule has 15 heavy (non-hydrogen) atoms. The molecular weight excluding hydrogens is 206 g/mol. The van der Waals surface area contributed by atoms with E-state index in [1.807, 2.05) is 11.8 Å². The molecule has 0 bridgehead atoms. The van der Waals surface area contributed by atoms with Crippen LogP contribution in [0.25, 0.3) is 0 Å². The van der Waals surface area contributed by atoms with Crippen LogP contribution in [0.4, 0.5) is 0 Å². The third-order valence-electron chi connectivity index (χ3n) is 2.60. The Morgan fingerprint density at radius 3 is 2.73 bits per heavy atom. The quantitative estimate of drug-likeness (QED) is 0.773. The second-order valence-electron chi connectivity index (χ2n) is 4.98. The molecule has 0 saturated carbocycles. The van der Waals surface area contributed by atoms with Crippen LogP contribution in [-0.4, -0.2) is 37.1 Å². The summed E-state index contributed by atoms with van der Waals surface area (Å²) < 4.78 is 0. The first-order valence-electron chi connectivity index (χ1n) is 5.59. The molecule has 1 rings (SSSR count). The van der Waals surface area contributed by atoms with Crippen LogP contribution in [0.5, 0.6) is 0 Å². The minimum atomic E-state index is 0.335. The zero-order valence-corrected chi connectivity index (χ0v) is 11.1. The van der Waals surface area contributed by atoms with Crippen molar-refractivity contribution in [3.63, 3.8) is 0 Å². The monoisotopic (exact) mass is 229 g/mol. The van der Waals surface area contributed by atoms with Crippen LogP contribution >= 0.6 is 11.8 Å². The molecule has 0 fully saturated rings. The minimum absolute atomic E-state index is 0.335. The van der Waals surface area contributed by atoms with Gasteiger partial charge in [-0.3, -0.25) is 4.99 Å². The minimum Gasteiger partial charge on any atom is -0.356 e. The Morgan fingerprint density at radius 1 is 1.53 bits per heavy atom. The smallest absolute Gasteiger partial charge is 0.191 e. The lowest BCUT2D eigenvalue weighted by Gasteiger charge is -2.30. The molecule has 4 heteroatoms. The molecule has 0 aromatic rings. The summed E-state index contributed by atoms with van der Waals surface area (Å²) in [6.07, 6.45) is 3.32. The van der Waals surface area contributed by atoms with Crippen LogP contribution in [0.3, 0.4) is 0 Å². The van der Waals surface area contributed by atoms with E-state index in [1.165, 1.54) is 0 Å². The van der Waals surface area contributed by atoms with Gasteiger partial charge in [0.2, 0.25) is 0 Å². The summed E-state index contributed by atoms with van der Waals surface area (Å²) in [7, 11) is 0. The van der Waals surface area contributed by atoms with E-state index < -0.39 is 0 Å². The normalized spacial score (nSPS) is 19.1. The van der Waals surface area contributed by atoms with Crippen LogP contribution in [0.1, 0.15) is 27.2 Å². The molecule has 0 aliphatic carbocycles. The predicted molar refractivity (Wildman–Crippen MR) is 69.7 cm³/mol. The van der Waals surface area contributed by atoms with Crippen molar-refractivity contribution in [3.8, 4) is 0 Å². The van der Waals surface area contributed by atoms with Crippen molar-refractivity contribution >= 4 is 17.7 Å². The number of guanidine groups is 1. The average Bonchev–Trinajstić information content (AvgIpc) is 2.18. The highest BCUT2D eigenvalue weighted by molar-refractivity contribution is 7.99. The second-order valence-corrected chi connectivity index (χ2v) is 6.02. The third-order valence-corrected chi connectivity index (χ3v) is 4.05. The van der Waals surface area contributed by atoms with Gasteiger partial charge >= 0.3 is 0 Å². The van der Waals surface area contributed by atoms with Gasteiger partial charge in [0, 0.05) is 24.9 Å². The summed E-state index contributed by atoms with van der Waals surface area (Å²) in [4.78, 5) is 4.40. The zero-order valence-electron chi connectivity index (χ0n) is 10.3. The molecule has 1 aliphatic rings. The van der Waals surface area contributed by atoms with Gasteiger partial charge in [0.15, 0.2) is 5.96 Å². The van der Waals surface area contributed by atoms with E-state index >= 15 is 0 Å². The van der Waals surface area contributed by atoms with Gasteiger partial charge in [-0.15, -0.1) is 0 Å². The van der Waals surface area contributed by atoms with Crippen LogP contribution in [-0.2, 0) is 0 Å². The highest BCUT2D eigenvalue weighted by Gasteiger charge is 2.23. The Labute approximate surface area is 97.5 Å². The average molecular weight is 229 g/mol. The fraction of sp³-hybridized carbons (Fsp3) is 0.909. The molecular formula is C11H23N3S. The molecule has 0 saturated heterocycles. The van der Waals surface area contributed by atoms with Gasteiger partial charge in [-0.25, -0.2) is 0 Å². The first kappa shape index (κ1) is 12.7. The fourth-order valence-corrected chi connectivity index (χ4v) is 2.54. The Morgan fingerprint density at radius 2 is 2.27 bits per heavy atom. The van der Waals surface area contributed by atoms with Gasteiger partial charge in [0.25, 0.3) is 0 Å². The van der Waals surface area contributed by atoms with Crippen molar-refractivity contribution in [3.05, 3.63) is 0 Å². The molecule has 0 radical (unpaired) electrons. The van der Waals surface area contributed by atoms with Crippen molar-refractivity contribution in [2.24, 2.45) is 10.4 Å². The van der Waals surface area contributed by atoms with Crippen molar-refractivity contribution in [2.75, 3.05) is 25.9 Å². The van der Waals surface area contributed by atoms with Crippen LogP contribution in [0, 0.1) is 5.41 Å². The number of thioether (sulfide) groups is 1. The van der Waals surface area contributed by atoms with E-state index in [2.05, 4.69) is 42.7 Å². The Hall–Kier alpha value is -0.380. The summed E-state index contributed by atoms with van der Waals surface area (Å²) in [6.45, 7) is 9.83. The number of nitrogens with one attached hydrogen (secondary N) is 2. The maximum absolute atomic E-state index is 4.40. The standard InChI is InChI=1S/C11H23N3S/c1-11(2,3)9(15-4)8-14-10-12-6-5-7-13-10/h9H,5-8H2,1-4H3,(H2,12,13,14). The number of rotatable bonds is 3. The summed E-state index contributed by atoms with van der Waals surface area (Å²) in [5.74, 6) is 0.976. The first-order chi connectivity index (χ1) is 7.04. The Bertz CT molecular complexity index is 220. The molecule has 1 aliphatic heterocycles.